The summed E-state index contributed by atoms with van der Waals surface area (Å²) in [6.07, 6.45) is 4.42. The predicted octanol–water partition coefficient (Wildman–Crippen LogP) is 1.94. The highest BCUT2D eigenvalue weighted by Crippen LogP contribution is 2.16. The summed E-state index contributed by atoms with van der Waals surface area (Å²) in [5, 5.41) is 10.3. The van der Waals surface area contributed by atoms with E-state index >= 15 is 0 Å². The lowest BCUT2D eigenvalue weighted by Crippen LogP contribution is -2.51. The third-order valence-corrected chi connectivity index (χ3v) is 3.88. The maximum Gasteiger partial charge on any atom is 0.238 e. The van der Waals surface area contributed by atoms with Crippen LogP contribution in [-0.2, 0) is 11.2 Å². The molecule has 1 aliphatic heterocycles. The van der Waals surface area contributed by atoms with Crippen molar-refractivity contribution in [3.8, 4) is 11.6 Å². The molecule has 0 bridgehead atoms. The topological polar surface area (TPSA) is 93.2 Å². The van der Waals surface area contributed by atoms with E-state index in [2.05, 4.69) is 27.7 Å². The molecule has 7 nitrogen and oxygen atoms in total. The fourth-order valence-electron chi connectivity index (χ4n) is 2.60. The summed E-state index contributed by atoms with van der Waals surface area (Å²) in [4.78, 5) is 16.2. The number of halogens is 1. The smallest absolute Gasteiger partial charge is 0.238 e. The highest BCUT2D eigenvalue weighted by atomic mass is 35.5. The zero-order valence-electron chi connectivity index (χ0n) is 12.9. The van der Waals surface area contributed by atoms with Gasteiger partial charge in [0.05, 0.1) is 6.26 Å². The second-order valence-corrected chi connectivity index (χ2v) is 5.55. The summed E-state index contributed by atoms with van der Waals surface area (Å²) in [6, 6.07) is 4.03. The summed E-state index contributed by atoms with van der Waals surface area (Å²) < 4.78 is 10.3. The van der Waals surface area contributed by atoms with Crippen molar-refractivity contribution >= 4 is 18.3 Å². The predicted molar refractivity (Wildman–Crippen MR) is 86.2 cm³/mol. The number of hydrogen-bond donors (Lipinski definition) is 2. The van der Waals surface area contributed by atoms with E-state index in [1.54, 1.807) is 18.4 Å². The molecule has 2 atom stereocenters. The molecule has 2 aromatic rings. The normalized spacial score (nSPS) is 20.7. The van der Waals surface area contributed by atoms with Gasteiger partial charge < -0.3 is 19.6 Å². The second kappa shape index (κ2) is 8.12. The summed E-state index contributed by atoms with van der Waals surface area (Å²) >= 11 is 0. The van der Waals surface area contributed by atoms with Gasteiger partial charge in [0.1, 0.15) is 0 Å². The Morgan fingerprint density at radius 2 is 2.39 bits per heavy atom. The van der Waals surface area contributed by atoms with E-state index in [4.69, 9.17) is 8.94 Å². The number of furan rings is 1. The Balaban J connectivity index is 0.00000192. The molecule has 126 valence electrons. The van der Waals surface area contributed by atoms with Gasteiger partial charge in [0.25, 0.3) is 0 Å². The van der Waals surface area contributed by atoms with Crippen LogP contribution in [0.5, 0.6) is 0 Å². The van der Waals surface area contributed by atoms with E-state index < -0.39 is 0 Å². The van der Waals surface area contributed by atoms with Gasteiger partial charge >= 0.3 is 0 Å². The second-order valence-electron chi connectivity index (χ2n) is 5.55. The number of nitrogens with one attached hydrogen (secondary N) is 2. The standard InChI is InChI=1S/C15H20N4O3.ClH/c1-10-11(4-2-8-16-10)17-13(20)6-7-14-18-15(19-22-14)12-5-3-9-21-12;/h3,5,9-11,16H,2,4,6-8H2,1H3,(H,17,20);1H. The van der Waals surface area contributed by atoms with Crippen molar-refractivity contribution in [3.63, 3.8) is 0 Å². The Morgan fingerprint density at radius 3 is 3.13 bits per heavy atom. The molecular weight excluding hydrogens is 320 g/mol. The van der Waals surface area contributed by atoms with Crippen LogP contribution in [0.4, 0.5) is 0 Å². The Labute approximate surface area is 140 Å². The zero-order valence-corrected chi connectivity index (χ0v) is 13.8. The number of aromatic nitrogens is 2. The molecule has 0 aromatic carbocycles. The molecule has 0 radical (unpaired) electrons. The molecule has 2 unspecified atom stereocenters. The van der Waals surface area contributed by atoms with E-state index in [-0.39, 0.29) is 24.4 Å². The molecule has 0 aliphatic carbocycles. The first-order valence-electron chi connectivity index (χ1n) is 7.61. The van der Waals surface area contributed by atoms with E-state index in [9.17, 15) is 4.79 Å². The highest BCUT2D eigenvalue weighted by molar-refractivity contribution is 5.85. The van der Waals surface area contributed by atoms with E-state index in [0.717, 1.165) is 19.4 Å². The van der Waals surface area contributed by atoms with Gasteiger partial charge in [0.2, 0.25) is 17.6 Å². The molecule has 1 aliphatic rings. The molecule has 0 spiro atoms. The SMILES string of the molecule is CC1NCCCC1NC(=O)CCc1nc(-c2ccco2)no1.Cl. The first kappa shape index (κ1) is 17.5. The van der Waals surface area contributed by atoms with Gasteiger partial charge in [-0.25, -0.2) is 0 Å². The number of amides is 1. The zero-order chi connectivity index (χ0) is 15.4. The quantitative estimate of drug-likeness (QED) is 0.864. The Kier molecular flexibility index (Phi) is 6.18. The number of rotatable bonds is 5. The molecule has 3 rings (SSSR count). The summed E-state index contributed by atoms with van der Waals surface area (Å²) in [5.74, 6) is 1.42. The van der Waals surface area contributed by atoms with Gasteiger partial charge in [-0.2, -0.15) is 4.98 Å². The van der Waals surface area contributed by atoms with Crippen LogP contribution in [-0.4, -0.2) is 34.7 Å². The van der Waals surface area contributed by atoms with Crippen molar-refractivity contribution in [3.05, 3.63) is 24.3 Å². The number of piperidine rings is 1. The Hall–Kier alpha value is -1.86. The van der Waals surface area contributed by atoms with Crippen LogP contribution < -0.4 is 10.6 Å². The number of hydrogen-bond acceptors (Lipinski definition) is 6. The molecule has 2 aromatic heterocycles. The lowest BCUT2D eigenvalue weighted by atomic mass is 10.00. The van der Waals surface area contributed by atoms with E-state index in [0.29, 0.717) is 36.4 Å². The first-order chi connectivity index (χ1) is 10.7. The van der Waals surface area contributed by atoms with Crippen LogP contribution in [0.2, 0.25) is 0 Å². The van der Waals surface area contributed by atoms with Gasteiger partial charge in [-0.1, -0.05) is 5.16 Å². The van der Waals surface area contributed by atoms with Crippen molar-refractivity contribution in [2.24, 2.45) is 0 Å². The average molecular weight is 341 g/mol. The molecule has 1 fully saturated rings. The number of nitrogens with zero attached hydrogens (tertiary/aromatic N) is 2. The lowest BCUT2D eigenvalue weighted by molar-refractivity contribution is -0.122. The van der Waals surface area contributed by atoms with Crippen molar-refractivity contribution in [1.82, 2.24) is 20.8 Å². The van der Waals surface area contributed by atoms with Crippen molar-refractivity contribution in [1.29, 1.82) is 0 Å². The van der Waals surface area contributed by atoms with Crippen LogP contribution in [0.3, 0.4) is 0 Å². The fraction of sp³-hybridized carbons (Fsp3) is 0.533. The maximum absolute atomic E-state index is 12.0. The van der Waals surface area contributed by atoms with E-state index in [1.807, 2.05) is 0 Å². The average Bonchev–Trinajstić information content (AvgIpc) is 3.18. The molecule has 1 saturated heterocycles. The highest BCUT2D eigenvalue weighted by Gasteiger charge is 2.22. The van der Waals surface area contributed by atoms with Gasteiger partial charge in [-0.3, -0.25) is 4.79 Å². The monoisotopic (exact) mass is 340 g/mol. The first-order valence-corrected chi connectivity index (χ1v) is 7.61. The minimum absolute atomic E-state index is 0. The van der Waals surface area contributed by atoms with Crippen LogP contribution >= 0.6 is 12.4 Å². The summed E-state index contributed by atoms with van der Waals surface area (Å²) in [6.45, 7) is 3.11. The van der Waals surface area contributed by atoms with Crippen LogP contribution in [0.15, 0.2) is 27.3 Å². The molecule has 8 heteroatoms. The Bertz CT molecular complexity index is 614. The van der Waals surface area contributed by atoms with Crippen molar-refractivity contribution in [2.75, 3.05) is 6.54 Å². The minimum Gasteiger partial charge on any atom is -0.461 e. The Morgan fingerprint density at radius 1 is 1.52 bits per heavy atom. The number of carbonyl (C=O) groups is 1. The molecule has 3 heterocycles. The lowest BCUT2D eigenvalue weighted by Gasteiger charge is -2.30. The number of carbonyl (C=O) groups excluding carboxylic acids is 1. The van der Waals surface area contributed by atoms with Gasteiger partial charge in [0, 0.05) is 24.9 Å². The van der Waals surface area contributed by atoms with Gasteiger partial charge in [-0.05, 0) is 38.4 Å². The van der Waals surface area contributed by atoms with Crippen LogP contribution in [0, 0.1) is 0 Å². The summed E-state index contributed by atoms with van der Waals surface area (Å²) in [7, 11) is 0. The van der Waals surface area contributed by atoms with Crippen LogP contribution in [0.1, 0.15) is 32.1 Å². The largest absolute Gasteiger partial charge is 0.461 e. The fourth-order valence-corrected chi connectivity index (χ4v) is 2.60. The molecular formula is C15H21ClN4O3. The van der Waals surface area contributed by atoms with Crippen molar-refractivity contribution < 1.29 is 13.7 Å². The van der Waals surface area contributed by atoms with Crippen molar-refractivity contribution in [2.45, 2.75) is 44.7 Å². The molecule has 0 saturated carbocycles. The molecule has 23 heavy (non-hydrogen) atoms. The minimum atomic E-state index is 0. The third kappa shape index (κ3) is 4.56. The third-order valence-electron chi connectivity index (χ3n) is 3.88. The van der Waals surface area contributed by atoms with Crippen LogP contribution in [0.25, 0.3) is 11.6 Å². The number of aryl methyl sites for hydroxylation is 1. The van der Waals surface area contributed by atoms with E-state index in [1.165, 1.54) is 0 Å². The molecule has 2 N–H and O–H groups in total. The molecule has 1 amide bonds. The maximum atomic E-state index is 12.0. The summed E-state index contributed by atoms with van der Waals surface area (Å²) in [5.41, 5.74) is 0. The van der Waals surface area contributed by atoms with Gasteiger partial charge in [0.15, 0.2) is 5.76 Å². The van der Waals surface area contributed by atoms with Gasteiger partial charge in [-0.15, -0.1) is 12.4 Å².